The van der Waals surface area contributed by atoms with E-state index in [1.807, 2.05) is 30.3 Å². The Kier molecular flexibility index (Phi) is 5.00. The Morgan fingerprint density at radius 3 is 2.58 bits per heavy atom. The molecular formula is C19H20BrN3O. The molecule has 1 N–H and O–H groups in total. The summed E-state index contributed by atoms with van der Waals surface area (Å²) in [6.07, 6.45) is 0. The lowest BCUT2D eigenvalue weighted by Gasteiger charge is -2.12. The van der Waals surface area contributed by atoms with Crippen LogP contribution in [-0.2, 0) is 13.1 Å². The summed E-state index contributed by atoms with van der Waals surface area (Å²) < 4.78 is 3.15. The summed E-state index contributed by atoms with van der Waals surface area (Å²) in [5.41, 5.74) is 2.72. The minimum absolute atomic E-state index is 0.0920. The highest BCUT2D eigenvalue weighted by atomic mass is 79.9. The molecule has 3 rings (SSSR count). The summed E-state index contributed by atoms with van der Waals surface area (Å²) in [5, 5.41) is 2.97. The molecular weight excluding hydrogens is 366 g/mol. The van der Waals surface area contributed by atoms with Crippen molar-refractivity contribution in [3.05, 3.63) is 64.4 Å². The van der Waals surface area contributed by atoms with Crippen molar-refractivity contribution in [1.29, 1.82) is 0 Å². The molecule has 0 aliphatic carbocycles. The highest BCUT2D eigenvalue weighted by Gasteiger charge is 2.13. The fraction of sp³-hybridized carbons (Fsp3) is 0.263. The number of carbonyl (C=O) groups is 1. The van der Waals surface area contributed by atoms with E-state index in [9.17, 15) is 4.79 Å². The Balaban J connectivity index is 1.81. The largest absolute Gasteiger partial charge is 0.345 e. The normalized spacial score (nSPS) is 11.2. The van der Waals surface area contributed by atoms with Crippen LogP contribution in [0.4, 0.5) is 0 Å². The predicted molar refractivity (Wildman–Crippen MR) is 99.9 cm³/mol. The molecule has 5 heteroatoms. The van der Waals surface area contributed by atoms with Gasteiger partial charge in [0.1, 0.15) is 5.82 Å². The van der Waals surface area contributed by atoms with Gasteiger partial charge in [0.05, 0.1) is 17.6 Å². The van der Waals surface area contributed by atoms with Crippen LogP contribution in [0.15, 0.2) is 53.0 Å². The average molecular weight is 386 g/mol. The van der Waals surface area contributed by atoms with Gasteiger partial charge in [0.25, 0.3) is 5.91 Å². The number of hydrogen-bond donors (Lipinski definition) is 1. The number of halogens is 1. The summed E-state index contributed by atoms with van der Waals surface area (Å²) in [7, 11) is 0. The molecule has 0 atom stereocenters. The van der Waals surface area contributed by atoms with Crippen LogP contribution in [-0.4, -0.2) is 15.5 Å². The van der Waals surface area contributed by atoms with Crippen molar-refractivity contribution < 1.29 is 4.79 Å². The van der Waals surface area contributed by atoms with E-state index in [-0.39, 0.29) is 5.91 Å². The number of para-hydroxylation sites is 2. The maximum Gasteiger partial charge on any atom is 0.251 e. The molecule has 24 heavy (non-hydrogen) atoms. The summed E-state index contributed by atoms with van der Waals surface area (Å²) in [6.45, 7) is 5.65. The van der Waals surface area contributed by atoms with Crippen LogP contribution in [0, 0.1) is 5.92 Å². The van der Waals surface area contributed by atoms with Crippen molar-refractivity contribution in [2.45, 2.75) is 26.9 Å². The first-order valence-electron chi connectivity index (χ1n) is 8.02. The quantitative estimate of drug-likeness (QED) is 0.707. The molecule has 0 fully saturated rings. The lowest BCUT2D eigenvalue weighted by Crippen LogP contribution is -2.25. The molecule has 0 radical (unpaired) electrons. The number of benzene rings is 2. The summed E-state index contributed by atoms with van der Waals surface area (Å²) in [5.74, 6) is 1.30. The van der Waals surface area contributed by atoms with Gasteiger partial charge >= 0.3 is 0 Å². The van der Waals surface area contributed by atoms with Crippen LogP contribution in [0.2, 0.25) is 0 Å². The zero-order chi connectivity index (χ0) is 17.1. The molecule has 0 aliphatic rings. The van der Waals surface area contributed by atoms with E-state index in [2.05, 4.69) is 50.7 Å². The van der Waals surface area contributed by atoms with E-state index in [4.69, 9.17) is 0 Å². The molecule has 1 aromatic heterocycles. The Hall–Kier alpha value is -2.14. The van der Waals surface area contributed by atoms with Gasteiger partial charge in [0, 0.05) is 16.6 Å². The van der Waals surface area contributed by atoms with Crippen LogP contribution < -0.4 is 5.32 Å². The van der Waals surface area contributed by atoms with Crippen molar-refractivity contribution >= 4 is 32.9 Å². The smallest absolute Gasteiger partial charge is 0.251 e. The third-order valence-electron chi connectivity index (χ3n) is 3.79. The van der Waals surface area contributed by atoms with Gasteiger partial charge in [-0.3, -0.25) is 4.79 Å². The van der Waals surface area contributed by atoms with Crippen LogP contribution in [0.25, 0.3) is 11.0 Å². The highest BCUT2D eigenvalue weighted by Crippen LogP contribution is 2.18. The van der Waals surface area contributed by atoms with Crippen LogP contribution in [0.5, 0.6) is 0 Å². The Morgan fingerprint density at radius 2 is 1.88 bits per heavy atom. The second-order valence-corrected chi connectivity index (χ2v) is 7.13. The van der Waals surface area contributed by atoms with E-state index in [0.29, 0.717) is 18.0 Å². The summed E-state index contributed by atoms with van der Waals surface area (Å²) >= 11 is 3.38. The molecule has 0 bridgehead atoms. The van der Waals surface area contributed by atoms with E-state index in [1.165, 1.54) is 0 Å². The number of hydrogen-bond acceptors (Lipinski definition) is 2. The number of amides is 1. The summed E-state index contributed by atoms with van der Waals surface area (Å²) in [6, 6.07) is 15.4. The molecule has 1 amide bonds. The van der Waals surface area contributed by atoms with Gasteiger partial charge in [-0.1, -0.05) is 41.9 Å². The average Bonchev–Trinajstić information content (AvgIpc) is 2.90. The molecule has 0 unspecified atom stereocenters. The third kappa shape index (κ3) is 3.67. The van der Waals surface area contributed by atoms with Crippen molar-refractivity contribution in [2.24, 2.45) is 5.92 Å². The maximum atomic E-state index is 12.3. The minimum Gasteiger partial charge on any atom is -0.345 e. The van der Waals surface area contributed by atoms with Crippen molar-refractivity contribution in [3.63, 3.8) is 0 Å². The van der Waals surface area contributed by atoms with Gasteiger partial charge in [0.2, 0.25) is 0 Å². The number of imidazole rings is 1. The molecule has 4 nitrogen and oxygen atoms in total. The standard InChI is InChI=1S/C19H20BrN3O/c1-13(2)12-23-17-6-4-3-5-16(17)22-18(23)11-21-19(24)14-7-9-15(20)10-8-14/h3-10,13H,11-12H2,1-2H3,(H,21,24). The first kappa shape index (κ1) is 16.7. The Labute approximate surface area is 150 Å². The second kappa shape index (κ2) is 7.18. The lowest BCUT2D eigenvalue weighted by molar-refractivity contribution is 0.0949. The number of fused-ring (bicyclic) bond motifs is 1. The lowest BCUT2D eigenvalue weighted by atomic mass is 10.2. The van der Waals surface area contributed by atoms with Gasteiger partial charge < -0.3 is 9.88 Å². The molecule has 3 aromatic rings. The minimum atomic E-state index is -0.0920. The fourth-order valence-corrected chi connectivity index (χ4v) is 2.96. The first-order valence-corrected chi connectivity index (χ1v) is 8.82. The van der Waals surface area contributed by atoms with E-state index in [1.54, 1.807) is 12.1 Å². The number of nitrogens with zero attached hydrogens (tertiary/aromatic N) is 2. The van der Waals surface area contributed by atoms with Gasteiger partial charge in [-0.2, -0.15) is 0 Å². The van der Waals surface area contributed by atoms with Gasteiger partial charge in [0.15, 0.2) is 0 Å². The third-order valence-corrected chi connectivity index (χ3v) is 4.32. The van der Waals surface area contributed by atoms with Gasteiger partial charge in [-0.15, -0.1) is 0 Å². The van der Waals surface area contributed by atoms with E-state index in [0.717, 1.165) is 27.9 Å². The SMILES string of the molecule is CC(C)Cn1c(CNC(=O)c2ccc(Br)cc2)nc2ccccc21. The van der Waals surface area contributed by atoms with Gasteiger partial charge in [-0.25, -0.2) is 4.98 Å². The van der Waals surface area contributed by atoms with Crippen molar-refractivity contribution in [1.82, 2.24) is 14.9 Å². The topological polar surface area (TPSA) is 46.9 Å². The van der Waals surface area contributed by atoms with Crippen LogP contribution in [0.3, 0.4) is 0 Å². The zero-order valence-electron chi connectivity index (χ0n) is 13.8. The predicted octanol–water partition coefficient (Wildman–Crippen LogP) is 4.38. The van der Waals surface area contributed by atoms with Gasteiger partial charge in [-0.05, 0) is 42.3 Å². The molecule has 0 saturated heterocycles. The van der Waals surface area contributed by atoms with Crippen LogP contribution >= 0.6 is 15.9 Å². The monoisotopic (exact) mass is 385 g/mol. The highest BCUT2D eigenvalue weighted by molar-refractivity contribution is 9.10. The zero-order valence-corrected chi connectivity index (χ0v) is 15.4. The Bertz CT molecular complexity index is 853. The molecule has 0 saturated carbocycles. The molecule has 0 aliphatic heterocycles. The molecule has 1 heterocycles. The van der Waals surface area contributed by atoms with Crippen LogP contribution in [0.1, 0.15) is 30.0 Å². The number of carbonyl (C=O) groups excluding carboxylic acids is 1. The number of rotatable bonds is 5. The Morgan fingerprint density at radius 1 is 1.17 bits per heavy atom. The molecule has 2 aromatic carbocycles. The second-order valence-electron chi connectivity index (χ2n) is 6.21. The first-order chi connectivity index (χ1) is 11.5. The van der Waals surface area contributed by atoms with Crippen molar-refractivity contribution in [3.8, 4) is 0 Å². The van der Waals surface area contributed by atoms with E-state index < -0.39 is 0 Å². The number of aromatic nitrogens is 2. The maximum absolute atomic E-state index is 12.3. The fourth-order valence-electron chi connectivity index (χ4n) is 2.69. The van der Waals surface area contributed by atoms with Crippen molar-refractivity contribution in [2.75, 3.05) is 0 Å². The van der Waals surface area contributed by atoms with E-state index >= 15 is 0 Å². The summed E-state index contributed by atoms with van der Waals surface area (Å²) in [4.78, 5) is 17.0. The molecule has 0 spiro atoms. The molecule has 124 valence electrons. The number of nitrogens with one attached hydrogen (secondary N) is 1.